The summed E-state index contributed by atoms with van der Waals surface area (Å²) in [5, 5.41) is 1.19. The second-order valence-electron chi connectivity index (χ2n) is 5.00. The van der Waals surface area contributed by atoms with Crippen LogP contribution in [0.5, 0.6) is 0 Å². The third-order valence-electron chi connectivity index (χ3n) is 3.60. The second kappa shape index (κ2) is 5.05. The van der Waals surface area contributed by atoms with Gasteiger partial charge in [0.1, 0.15) is 6.54 Å². The fourth-order valence-electron chi connectivity index (χ4n) is 2.52. The molecule has 3 rings (SSSR count). The first-order valence-corrected chi connectivity index (χ1v) is 6.65. The number of morpholine rings is 1. The van der Waals surface area contributed by atoms with Gasteiger partial charge in [0.25, 0.3) is 0 Å². The molecule has 4 nitrogen and oxygen atoms in total. The van der Waals surface area contributed by atoms with E-state index in [-0.39, 0.29) is 5.91 Å². The van der Waals surface area contributed by atoms with E-state index < -0.39 is 0 Å². The fraction of sp³-hybridized carbons (Fsp3) is 0.400. The van der Waals surface area contributed by atoms with Crippen molar-refractivity contribution in [3.63, 3.8) is 0 Å². The number of fused-ring (bicyclic) bond motifs is 1. The Labute approximate surface area is 112 Å². The number of carbonyl (C=O) groups is 1. The van der Waals surface area contributed by atoms with Crippen LogP contribution in [0.1, 0.15) is 5.56 Å². The Bertz CT molecular complexity index is 597. The number of amides is 1. The van der Waals surface area contributed by atoms with E-state index in [0.29, 0.717) is 32.8 Å². The van der Waals surface area contributed by atoms with Crippen LogP contribution in [0.25, 0.3) is 10.9 Å². The van der Waals surface area contributed by atoms with E-state index in [1.807, 2.05) is 15.7 Å². The molecule has 1 amide bonds. The van der Waals surface area contributed by atoms with Crippen LogP contribution in [0, 0.1) is 6.92 Å². The number of carbonyl (C=O) groups excluding carboxylic acids is 1. The van der Waals surface area contributed by atoms with E-state index in [0.717, 1.165) is 5.52 Å². The molecule has 100 valence electrons. The molecule has 1 aliphatic heterocycles. The summed E-state index contributed by atoms with van der Waals surface area (Å²) in [7, 11) is 0. The molecule has 0 unspecified atom stereocenters. The molecule has 0 aliphatic carbocycles. The largest absolute Gasteiger partial charge is 0.378 e. The van der Waals surface area contributed by atoms with Crippen molar-refractivity contribution in [3.8, 4) is 0 Å². The smallest absolute Gasteiger partial charge is 0.242 e. The Hall–Kier alpha value is -1.81. The lowest BCUT2D eigenvalue weighted by molar-refractivity contribution is -0.135. The van der Waals surface area contributed by atoms with Crippen molar-refractivity contribution in [1.82, 2.24) is 9.47 Å². The van der Waals surface area contributed by atoms with E-state index in [4.69, 9.17) is 4.74 Å². The molecule has 1 saturated heterocycles. The van der Waals surface area contributed by atoms with Crippen LogP contribution in [0.3, 0.4) is 0 Å². The zero-order valence-corrected chi connectivity index (χ0v) is 11.1. The number of nitrogens with zero attached hydrogens (tertiary/aromatic N) is 2. The van der Waals surface area contributed by atoms with Gasteiger partial charge in [-0.1, -0.05) is 11.6 Å². The lowest BCUT2D eigenvalue weighted by Gasteiger charge is -2.27. The summed E-state index contributed by atoms with van der Waals surface area (Å²) in [4.78, 5) is 14.1. The molecule has 0 radical (unpaired) electrons. The van der Waals surface area contributed by atoms with Crippen LogP contribution in [0.4, 0.5) is 0 Å². The Balaban J connectivity index is 1.79. The van der Waals surface area contributed by atoms with Gasteiger partial charge >= 0.3 is 0 Å². The zero-order valence-electron chi connectivity index (χ0n) is 11.1. The van der Waals surface area contributed by atoms with Gasteiger partial charge in [-0.3, -0.25) is 4.79 Å². The number of hydrogen-bond acceptors (Lipinski definition) is 2. The summed E-state index contributed by atoms with van der Waals surface area (Å²) in [6.45, 7) is 5.20. The van der Waals surface area contributed by atoms with Crippen molar-refractivity contribution in [1.29, 1.82) is 0 Å². The monoisotopic (exact) mass is 258 g/mol. The standard InChI is InChI=1S/C15H18N2O2/c1-12-2-3-14-13(10-12)4-5-17(14)11-15(18)16-6-8-19-9-7-16/h2-5,10H,6-9,11H2,1H3. The number of ether oxygens (including phenoxy) is 1. The Morgan fingerprint density at radius 3 is 2.84 bits per heavy atom. The summed E-state index contributed by atoms with van der Waals surface area (Å²) in [5.41, 5.74) is 2.36. The average Bonchev–Trinajstić information content (AvgIpc) is 2.82. The number of aryl methyl sites for hydroxylation is 1. The van der Waals surface area contributed by atoms with Gasteiger partial charge in [0.05, 0.1) is 13.2 Å². The molecule has 0 atom stereocenters. The van der Waals surface area contributed by atoms with Crippen molar-refractivity contribution < 1.29 is 9.53 Å². The number of rotatable bonds is 2. The minimum absolute atomic E-state index is 0.168. The first kappa shape index (κ1) is 12.2. The highest BCUT2D eigenvalue weighted by Crippen LogP contribution is 2.17. The van der Waals surface area contributed by atoms with E-state index in [1.54, 1.807) is 0 Å². The van der Waals surface area contributed by atoms with E-state index in [1.165, 1.54) is 10.9 Å². The number of benzene rings is 1. The van der Waals surface area contributed by atoms with Gasteiger partial charge in [0.15, 0.2) is 0 Å². The highest BCUT2D eigenvalue weighted by Gasteiger charge is 2.17. The predicted molar refractivity (Wildman–Crippen MR) is 74.1 cm³/mol. The molecule has 19 heavy (non-hydrogen) atoms. The lowest BCUT2D eigenvalue weighted by atomic mass is 10.2. The van der Waals surface area contributed by atoms with Gasteiger partial charge in [-0.2, -0.15) is 0 Å². The molecule has 0 N–H and O–H groups in total. The Morgan fingerprint density at radius 1 is 1.26 bits per heavy atom. The summed E-state index contributed by atoms with van der Waals surface area (Å²) in [6.07, 6.45) is 1.99. The van der Waals surface area contributed by atoms with Crippen LogP contribution in [0.15, 0.2) is 30.5 Å². The third kappa shape index (κ3) is 2.49. The topological polar surface area (TPSA) is 34.5 Å². The van der Waals surface area contributed by atoms with Crippen molar-refractivity contribution >= 4 is 16.8 Å². The average molecular weight is 258 g/mol. The zero-order chi connectivity index (χ0) is 13.2. The maximum atomic E-state index is 12.2. The summed E-state index contributed by atoms with van der Waals surface area (Å²) in [5.74, 6) is 0.168. The van der Waals surface area contributed by atoms with E-state index >= 15 is 0 Å². The van der Waals surface area contributed by atoms with Gasteiger partial charge in [0, 0.05) is 24.8 Å². The van der Waals surface area contributed by atoms with Crippen molar-refractivity contribution in [3.05, 3.63) is 36.0 Å². The fourth-order valence-corrected chi connectivity index (χ4v) is 2.52. The maximum absolute atomic E-state index is 12.2. The molecule has 0 saturated carbocycles. The van der Waals surface area contributed by atoms with Gasteiger partial charge < -0.3 is 14.2 Å². The minimum Gasteiger partial charge on any atom is -0.378 e. The number of aromatic nitrogens is 1. The van der Waals surface area contributed by atoms with Gasteiger partial charge in [-0.25, -0.2) is 0 Å². The summed E-state index contributed by atoms with van der Waals surface area (Å²) >= 11 is 0. The highest BCUT2D eigenvalue weighted by atomic mass is 16.5. The lowest BCUT2D eigenvalue weighted by Crippen LogP contribution is -2.42. The summed E-state index contributed by atoms with van der Waals surface area (Å²) < 4.78 is 7.29. The molecule has 0 bridgehead atoms. The predicted octanol–water partition coefficient (Wildman–Crippen LogP) is 1.81. The van der Waals surface area contributed by atoms with Crippen molar-refractivity contribution in [2.75, 3.05) is 26.3 Å². The number of hydrogen-bond donors (Lipinski definition) is 0. The van der Waals surface area contributed by atoms with Gasteiger partial charge in [-0.15, -0.1) is 0 Å². The van der Waals surface area contributed by atoms with Crippen LogP contribution < -0.4 is 0 Å². The molecule has 0 spiro atoms. The van der Waals surface area contributed by atoms with Crippen LogP contribution >= 0.6 is 0 Å². The maximum Gasteiger partial charge on any atom is 0.242 e. The molecule has 1 fully saturated rings. The highest BCUT2D eigenvalue weighted by molar-refractivity contribution is 5.83. The van der Waals surface area contributed by atoms with E-state index in [9.17, 15) is 4.79 Å². The minimum atomic E-state index is 0.168. The Kier molecular flexibility index (Phi) is 3.25. The van der Waals surface area contributed by atoms with Crippen LogP contribution in [0.2, 0.25) is 0 Å². The van der Waals surface area contributed by atoms with Crippen LogP contribution in [-0.2, 0) is 16.1 Å². The molecule has 1 aliphatic rings. The van der Waals surface area contributed by atoms with Crippen molar-refractivity contribution in [2.24, 2.45) is 0 Å². The van der Waals surface area contributed by atoms with E-state index in [2.05, 4.69) is 31.2 Å². The van der Waals surface area contributed by atoms with Gasteiger partial charge in [-0.05, 0) is 30.5 Å². The van der Waals surface area contributed by atoms with Crippen LogP contribution in [-0.4, -0.2) is 41.7 Å². The molecular weight excluding hydrogens is 240 g/mol. The van der Waals surface area contributed by atoms with Crippen molar-refractivity contribution in [2.45, 2.75) is 13.5 Å². The molecular formula is C15H18N2O2. The third-order valence-corrected chi connectivity index (χ3v) is 3.60. The normalized spacial score (nSPS) is 15.9. The first-order chi connectivity index (χ1) is 9.24. The molecule has 4 heteroatoms. The second-order valence-corrected chi connectivity index (χ2v) is 5.00. The van der Waals surface area contributed by atoms with Gasteiger partial charge in [0.2, 0.25) is 5.91 Å². The molecule has 1 aromatic heterocycles. The Morgan fingerprint density at radius 2 is 2.05 bits per heavy atom. The molecule has 1 aromatic carbocycles. The SMILES string of the molecule is Cc1ccc2c(ccn2CC(=O)N2CCOCC2)c1. The first-order valence-electron chi connectivity index (χ1n) is 6.65. The molecule has 2 heterocycles. The quantitative estimate of drug-likeness (QED) is 0.823. The molecule has 2 aromatic rings. The summed E-state index contributed by atoms with van der Waals surface area (Å²) in [6, 6.07) is 8.37.